The van der Waals surface area contributed by atoms with Crippen molar-refractivity contribution in [2.24, 2.45) is 0 Å². The Morgan fingerprint density at radius 2 is 1.74 bits per heavy atom. The van der Waals surface area contributed by atoms with Gasteiger partial charge in [-0.25, -0.2) is 12.8 Å². The largest absolute Gasteiger partial charge is 0.465 e. The first-order chi connectivity index (χ1) is 18.4. The first-order valence-electron chi connectivity index (χ1n) is 12.7. The van der Waals surface area contributed by atoms with E-state index in [1.54, 1.807) is 26.0 Å². The van der Waals surface area contributed by atoms with Crippen LogP contribution in [-0.2, 0) is 24.3 Å². The maximum absolute atomic E-state index is 13.6. The number of carbonyl (C=O) groups excluding carboxylic acids is 3. The number of sulfonamides is 1. The summed E-state index contributed by atoms with van der Waals surface area (Å²) in [4.78, 5) is 39.0. The van der Waals surface area contributed by atoms with Crippen molar-refractivity contribution < 1.29 is 36.3 Å². The molecule has 0 unspecified atom stereocenters. The number of ether oxygens (including phenoxy) is 1. The van der Waals surface area contributed by atoms with Crippen LogP contribution in [0.25, 0.3) is 22.3 Å². The second-order valence-corrected chi connectivity index (χ2v) is 11.5. The molecule has 1 heterocycles. The molecule has 1 aliphatic carbocycles. The number of nitrogens with zero attached hydrogens (tertiary/aromatic N) is 2. The van der Waals surface area contributed by atoms with Crippen molar-refractivity contribution >= 4 is 44.3 Å². The number of carbonyl (C=O) groups is 3. The smallest absolute Gasteiger partial charge is 0.325 e. The van der Waals surface area contributed by atoms with Crippen molar-refractivity contribution in [2.45, 2.75) is 39.0 Å². The molecule has 1 fully saturated rings. The molecule has 0 radical (unpaired) electrons. The molecule has 0 spiro atoms. The molecule has 1 aromatic heterocycles. The molecule has 0 atom stereocenters. The predicted octanol–water partition coefficient (Wildman–Crippen LogP) is 4.50. The van der Waals surface area contributed by atoms with Crippen LogP contribution in [0.5, 0.6) is 0 Å². The van der Waals surface area contributed by atoms with Crippen LogP contribution in [0, 0.1) is 5.82 Å². The summed E-state index contributed by atoms with van der Waals surface area (Å²) >= 11 is 0. The molecule has 0 bridgehead atoms. The van der Waals surface area contributed by atoms with Gasteiger partial charge in [-0.1, -0.05) is 6.92 Å². The summed E-state index contributed by atoms with van der Waals surface area (Å²) in [6, 6.07) is 8.89. The van der Waals surface area contributed by atoms with Crippen molar-refractivity contribution in [1.29, 1.82) is 0 Å². The minimum Gasteiger partial charge on any atom is -0.465 e. The summed E-state index contributed by atoms with van der Waals surface area (Å²) in [6.45, 7) is 2.69. The number of amides is 1. The van der Waals surface area contributed by atoms with Crippen LogP contribution in [0.2, 0.25) is 0 Å². The number of Topliss-reactive ketones (excluding diaryl/α,β-unsaturated/α-hetero) is 1. The average molecular weight is 559 g/mol. The van der Waals surface area contributed by atoms with E-state index < -0.39 is 34.3 Å². The molecular weight excluding hydrogens is 527 g/mol. The quantitative estimate of drug-likeness (QED) is 0.252. The van der Waals surface area contributed by atoms with Crippen molar-refractivity contribution in [2.75, 3.05) is 37.3 Å². The number of benzene rings is 2. The number of ketones is 1. The highest BCUT2D eigenvalue weighted by molar-refractivity contribution is 7.92. The molecule has 4 rings (SSSR count). The van der Waals surface area contributed by atoms with E-state index in [1.807, 2.05) is 0 Å². The molecule has 1 saturated carbocycles. The van der Waals surface area contributed by atoms with Crippen molar-refractivity contribution in [3.63, 3.8) is 0 Å². The number of furan rings is 1. The van der Waals surface area contributed by atoms with Crippen molar-refractivity contribution in [1.82, 2.24) is 4.90 Å². The van der Waals surface area contributed by atoms with Gasteiger partial charge in [-0.15, -0.1) is 0 Å². The number of halogens is 1. The van der Waals surface area contributed by atoms with E-state index in [1.165, 1.54) is 31.3 Å². The maximum atomic E-state index is 13.6. The van der Waals surface area contributed by atoms with Gasteiger partial charge in [0.05, 0.1) is 24.1 Å². The van der Waals surface area contributed by atoms with Crippen LogP contribution in [0.4, 0.5) is 10.1 Å². The zero-order valence-corrected chi connectivity index (χ0v) is 23.1. The van der Waals surface area contributed by atoms with Gasteiger partial charge in [0.15, 0.2) is 5.78 Å². The molecule has 11 heteroatoms. The molecule has 9 nitrogen and oxygen atoms in total. The fraction of sp³-hybridized carbons (Fsp3) is 0.393. The fourth-order valence-corrected chi connectivity index (χ4v) is 5.32. The lowest BCUT2D eigenvalue weighted by Crippen LogP contribution is -2.43. The topological polar surface area (TPSA) is 114 Å². The summed E-state index contributed by atoms with van der Waals surface area (Å²) in [6.07, 6.45) is 2.86. The second kappa shape index (κ2) is 11.2. The molecule has 3 aromatic rings. The number of hydrogen-bond acceptors (Lipinski definition) is 7. The highest BCUT2D eigenvalue weighted by Crippen LogP contribution is 2.48. The zero-order chi connectivity index (χ0) is 28.5. The lowest BCUT2D eigenvalue weighted by Gasteiger charge is -2.26. The van der Waals surface area contributed by atoms with Crippen LogP contribution < -0.4 is 4.31 Å². The third-order valence-electron chi connectivity index (χ3n) is 6.61. The molecule has 0 N–H and O–H groups in total. The van der Waals surface area contributed by atoms with Crippen LogP contribution in [0.3, 0.4) is 0 Å². The van der Waals surface area contributed by atoms with Gasteiger partial charge >= 0.3 is 5.97 Å². The molecule has 0 saturated heterocycles. The Morgan fingerprint density at radius 3 is 2.31 bits per heavy atom. The van der Waals surface area contributed by atoms with Gasteiger partial charge in [0.2, 0.25) is 15.9 Å². The summed E-state index contributed by atoms with van der Waals surface area (Å²) < 4.78 is 51.5. The summed E-state index contributed by atoms with van der Waals surface area (Å²) in [5, 5.41) is 0.533. The van der Waals surface area contributed by atoms with Gasteiger partial charge in [-0.3, -0.25) is 18.7 Å². The van der Waals surface area contributed by atoms with Crippen molar-refractivity contribution in [3.05, 3.63) is 53.3 Å². The predicted molar refractivity (Wildman–Crippen MR) is 145 cm³/mol. The van der Waals surface area contributed by atoms with Crippen LogP contribution in [0.1, 0.15) is 54.9 Å². The van der Waals surface area contributed by atoms with Gasteiger partial charge in [-0.05, 0) is 61.6 Å². The van der Waals surface area contributed by atoms with Crippen LogP contribution in [-0.4, -0.2) is 64.0 Å². The first-order valence-corrected chi connectivity index (χ1v) is 14.6. The molecule has 1 amide bonds. The minimum absolute atomic E-state index is 0.0507. The van der Waals surface area contributed by atoms with E-state index >= 15 is 0 Å². The van der Waals surface area contributed by atoms with E-state index in [0.29, 0.717) is 22.1 Å². The van der Waals surface area contributed by atoms with Crippen LogP contribution in [0.15, 0.2) is 40.8 Å². The molecule has 1 aliphatic rings. The van der Waals surface area contributed by atoms with Crippen LogP contribution >= 0.6 is 0 Å². The van der Waals surface area contributed by atoms with E-state index in [-0.39, 0.29) is 48.3 Å². The number of anilines is 1. The molecule has 208 valence electrons. The standard InChI is InChI=1S/C28H31FN2O7S/c1-5-23(32)27-21-13-20(17-7-8-17)22(14-24(21)38-28(27)18-9-11-19(29)12-10-18)31(39(4,35)36)15-25(33)30(3)16-26(34)37-6-2/h9-14,17H,5-8,15-16H2,1-4H3. The second-order valence-electron chi connectivity index (χ2n) is 9.60. The number of rotatable bonds is 11. The lowest BCUT2D eigenvalue weighted by atomic mass is 9.97. The summed E-state index contributed by atoms with van der Waals surface area (Å²) in [7, 11) is -2.55. The number of esters is 1. The third-order valence-corrected chi connectivity index (χ3v) is 7.73. The third kappa shape index (κ3) is 6.13. The Hall–Kier alpha value is -3.73. The highest BCUT2D eigenvalue weighted by Gasteiger charge is 2.34. The Kier molecular flexibility index (Phi) is 8.10. The van der Waals surface area contributed by atoms with Gasteiger partial charge in [0, 0.05) is 30.5 Å². The number of fused-ring (bicyclic) bond motifs is 1. The summed E-state index contributed by atoms with van der Waals surface area (Å²) in [5.41, 5.74) is 2.09. The van der Waals surface area contributed by atoms with Gasteiger partial charge < -0.3 is 14.1 Å². The SMILES string of the molecule is CCOC(=O)CN(C)C(=O)CN(c1cc2oc(-c3ccc(F)cc3)c(C(=O)CC)c2cc1C1CC1)S(C)(=O)=O. The normalized spacial score (nSPS) is 13.4. The fourth-order valence-electron chi connectivity index (χ4n) is 4.46. The van der Waals surface area contributed by atoms with E-state index in [4.69, 9.17) is 9.15 Å². The zero-order valence-electron chi connectivity index (χ0n) is 22.3. The Morgan fingerprint density at radius 1 is 1.08 bits per heavy atom. The molecule has 39 heavy (non-hydrogen) atoms. The van der Waals surface area contributed by atoms with E-state index in [0.717, 1.165) is 28.3 Å². The lowest BCUT2D eigenvalue weighted by molar-refractivity contribution is -0.147. The van der Waals surface area contributed by atoms with Gasteiger partial charge in [0.25, 0.3) is 0 Å². The number of hydrogen-bond donors (Lipinski definition) is 0. The first kappa shape index (κ1) is 28.3. The van der Waals surface area contributed by atoms with Gasteiger partial charge in [-0.2, -0.15) is 0 Å². The Bertz CT molecular complexity index is 1530. The Balaban J connectivity index is 1.83. The molecule has 2 aromatic carbocycles. The van der Waals surface area contributed by atoms with Crippen molar-refractivity contribution in [3.8, 4) is 11.3 Å². The minimum atomic E-state index is -3.94. The Labute approximate surface area is 226 Å². The maximum Gasteiger partial charge on any atom is 0.325 e. The number of likely N-dealkylation sites (N-methyl/N-ethyl adjacent to an activating group) is 1. The van der Waals surface area contributed by atoms with E-state index in [9.17, 15) is 27.2 Å². The highest BCUT2D eigenvalue weighted by atomic mass is 32.2. The monoisotopic (exact) mass is 558 g/mol. The van der Waals surface area contributed by atoms with E-state index in [2.05, 4.69) is 0 Å². The molecular formula is C28H31FN2O7S. The summed E-state index contributed by atoms with van der Waals surface area (Å²) in [5.74, 6) is -1.47. The molecule has 0 aliphatic heterocycles. The van der Waals surface area contributed by atoms with Gasteiger partial charge in [0.1, 0.15) is 30.3 Å². The average Bonchev–Trinajstić information content (AvgIpc) is 3.66.